The van der Waals surface area contributed by atoms with Crippen molar-refractivity contribution in [1.29, 1.82) is 0 Å². The standard InChI is InChI=1S/C10H16ClNO2/c11-5-6-12-7-8-14-9(13)10(12)3-1-2-4-10/h1-8H2. The Balaban J connectivity index is 2.16. The summed E-state index contributed by atoms with van der Waals surface area (Å²) in [6.07, 6.45) is 4.16. The summed E-state index contributed by atoms with van der Waals surface area (Å²) in [5.74, 6) is 0.570. The normalized spacial score (nSPS) is 26.8. The molecular formula is C10H16ClNO2. The van der Waals surface area contributed by atoms with Gasteiger partial charge in [-0.3, -0.25) is 9.69 Å². The number of rotatable bonds is 2. The molecule has 0 amide bonds. The van der Waals surface area contributed by atoms with Crippen LogP contribution in [0.15, 0.2) is 0 Å². The Morgan fingerprint density at radius 1 is 1.43 bits per heavy atom. The Morgan fingerprint density at radius 2 is 2.14 bits per heavy atom. The van der Waals surface area contributed by atoms with Crippen molar-refractivity contribution in [1.82, 2.24) is 4.90 Å². The third-order valence-electron chi connectivity index (χ3n) is 3.36. The summed E-state index contributed by atoms with van der Waals surface area (Å²) in [6.45, 7) is 2.17. The van der Waals surface area contributed by atoms with Crippen LogP contribution in [0.4, 0.5) is 0 Å². The van der Waals surface area contributed by atoms with Crippen LogP contribution in [-0.4, -0.2) is 42.0 Å². The predicted molar refractivity (Wildman–Crippen MR) is 54.5 cm³/mol. The zero-order valence-corrected chi connectivity index (χ0v) is 9.05. The number of ether oxygens (including phenoxy) is 1. The van der Waals surface area contributed by atoms with Gasteiger partial charge in [0.05, 0.1) is 0 Å². The highest BCUT2D eigenvalue weighted by molar-refractivity contribution is 6.18. The molecule has 1 aliphatic carbocycles. The Bertz CT molecular complexity index is 224. The zero-order valence-electron chi connectivity index (χ0n) is 8.30. The molecule has 1 heterocycles. The van der Waals surface area contributed by atoms with Crippen molar-refractivity contribution in [3.05, 3.63) is 0 Å². The van der Waals surface area contributed by atoms with E-state index in [9.17, 15) is 4.79 Å². The lowest BCUT2D eigenvalue weighted by Crippen LogP contribution is -2.58. The molecule has 2 fully saturated rings. The molecule has 0 radical (unpaired) electrons. The lowest BCUT2D eigenvalue weighted by molar-refractivity contribution is -0.168. The van der Waals surface area contributed by atoms with Gasteiger partial charge in [0.25, 0.3) is 0 Å². The maximum absolute atomic E-state index is 11.8. The topological polar surface area (TPSA) is 29.5 Å². The number of morpholine rings is 1. The van der Waals surface area contributed by atoms with Crippen molar-refractivity contribution in [2.24, 2.45) is 0 Å². The fourth-order valence-corrected chi connectivity index (χ4v) is 2.84. The van der Waals surface area contributed by atoms with Crippen LogP contribution in [0.3, 0.4) is 0 Å². The molecule has 2 aliphatic rings. The van der Waals surface area contributed by atoms with Crippen molar-refractivity contribution >= 4 is 17.6 Å². The van der Waals surface area contributed by atoms with Crippen molar-refractivity contribution in [2.45, 2.75) is 31.2 Å². The van der Waals surface area contributed by atoms with Crippen molar-refractivity contribution < 1.29 is 9.53 Å². The summed E-state index contributed by atoms with van der Waals surface area (Å²) in [7, 11) is 0. The van der Waals surface area contributed by atoms with Gasteiger partial charge < -0.3 is 4.74 Å². The first kappa shape index (κ1) is 10.2. The van der Waals surface area contributed by atoms with Crippen LogP contribution in [0.5, 0.6) is 0 Å². The average Bonchev–Trinajstić information content (AvgIpc) is 2.64. The summed E-state index contributed by atoms with van der Waals surface area (Å²) in [6, 6.07) is 0. The second kappa shape index (κ2) is 4.07. The van der Waals surface area contributed by atoms with Gasteiger partial charge in [-0.25, -0.2) is 0 Å². The fourth-order valence-electron chi connectivity index (χ4n) is 2.63. The highest BCUT2D eigenvalue weighted by atomic mass is 35.5. The molecule has 80 valence electrons. The van der Waals surface area contributed by atoms with Gasteiger partial charge in [0.1, 0.15) is 12.1 Å². The molecule has 1 saturated heterocycles. The van der Waals surface area contributed by atoms with E-state index in [0.29, 0.717) is 12.5 Å². The maximum atomic E-state index is 11.8. The Morgan fingerprint density at radius 3 is 2.79 bits per heavy atom. The monoisotopic (exact) mass is 217 g/mol. The minimum atomic E-state index is -0.312. The number of nitrogens with zero attached hydrogens (tertiary/aromatic N) is 1. The number of hydrogen-bond acceptors (Lipinski definition) is 3. The molecule has 4 heteroatoms. The summed E-state index contributed by atoms with van der Waals surface area (Å²) < 4.78 is 5.17. The molecule has 2 rings (SSSR count). The van der Waals surface area contributed by atoms with E-state index in [2.05, 4.69) is 4.90 Å². The molecule has 0 aromatic rings. The van der Waals surface area contributed by atoms with E-state index < -0.39 is 0 Å². The van der Waals surface area contributed by atoms with Crippen LogP contribution < -0.4 is 0 Å². The number of carbonyl (C=O) groups excluding carboxylic acids is 1. The molecule has 0 unspecified atom stereocenters. The van der Waals surface area contributed by atoms with Gasteiger partial charge in [-0.1, -0.05) is 12.8 Å². The van der Waals surface area contributed by atoms with Crippen LogP contribution in [-0.2, 0) is 9.53 Å². The Labute approximate surface area is 89.4 Å². The van der Waals surface area contributed by atoms with Crippen LogP contribution in [0, 0.1) is 0 Å². The minimum absolute atomic E-state index is 0.0219. The van der Waals surface area contributed by atoms with Crippen molar-refractivity contribution in [3.8, 4) is 0 Å². The summed E-state index contributed by atoms with van der Waals surface area (Å²) in [5, 5.41) is 0. The molecule has 14 heavy (non-hydrogen) atoms. The van der Waals surface area contributed by atoms with Crippen LogP contribution in [0.1, 0.15) is 25.7 Å². The van der Waals surface area contributed by atoms with E-state index in [1.165, 1.54) is 0 Å². The lowest BCUT2D eigenvalue weighted by atomic mass is 9.94. The molecule has 1 spiro atoms. The Hall–Kier alpha value is -0.280. The third kappa shape index (κ3) is 1.52. The summed E-state index contributed by atoms with van der Waals surface area (Å²) in [5.41, 5.74) is -0.312. The molecule has 1 saturated carbocycles. The number of cyclic esters (lactones) is 1. The molecule has 3 nitrogen and oxygen atoms in total. The first-order chi connectivity index (χ1) is 6.79. The van der Waals surface area contributed by atoms with Gasteiger partial charge in [0.2, 0.25) is 0 Å². The molecular weight excluding hydrogens is 202 g/mol. The second-order valence-corrected chi connectivity index (χ2v) is 4.43. The highest BCUT2D eigenvalue weighted by Gasteiger charge is 2.49. The number of carbonyl (C=O) groups is 1. The van der Waals surface area contributed by atoms with Gasteiger partial charge in [-0.15, -0.1) is 11.6 Å². The van der Waals surface area contributed by atoms with Gasteiger partial charge in [0, 0.05) is 19.0 Å². The number of esters is 1. The maximum Gasteiger partial charge on any atom is 0.326 e. The highest BCUT2D eigenvalue weighted by Crippen LogP contribution is 2.37. The van der Waals surface area contributed by atoms with Gasteiger partial charge in [0.15, 0.2) is 0 Å². The zero-order chi connectivity index (χ0) is 10.0. The van der Waals surface area contributed by atoms with E-state index in [0.717, 1.165) is 38.8 Å². The quantitative estimate of drug-likeness (QED) is 0.517. The molecule has 0 N–H and O–H groups in total. The van der Waals surface area contributed by atoms with E-state index in [1.807, 2.05) is 0 Å². The first-order valence-electron chi connectivity index (χ1n) is 5.28. The van der Waals surface area contributed by atoms with Crippen LogP contribution in [0.25, 0.3) is 0 Å². The van der Waals surface area contributed by atoms with E-state index >= 15 is 0 Å². The van der Waals surface area contributed by atoms with Crippen molar-refractivity contribution in [3.63, 3.8) is 0 Å². The predicted octanol–water partition coefficient (Wildman–Crippen LogP) is 1.40. The molecule has 0 aromatic carbocycles. The number of alkyl halides is 1. The lowest BCUT2D eigenvalue weighted by Gasteiger charge is -2.42. The molecule has 0 atom stereocenters. The first-order valence-corrected chi connectivity index (χ1v) is 5.81. The van der Waals surface area contributed by atoms with Crippen molar-refractivity contribution in [2.75, 3.05) is 25.6 Å². The van der Waals surface area contributed by atoms with Crippen LogP contribution >= 0.6 is 11.6 Å². The van der Waals surface area contributed by atoms with E-state index in [-0.39, 0.29) is 11.5 Å². The number of halogens is 1. The Kier molecular flexibility index (Phi) is 2.98. The molecule has 0 bridgehead atoms. The van der Waals surface area contributed by atoms with E-state index in [1.54, 1.807) is 0 Å². The molecule has 1 aliphatic heterocycles. The third-order valence-corrected chi connectivity index (χ3v) is 3.53. The van der Waals surface area contributed by atoms with E-state index in [4.69, 9.17) is 16.3 Å². The average molecular weight is 218 g/mol. The second-order valence-electron chi connectivity index (χ2n) is 4.05. The molecule has 0 aromatic heterocycles. The minimum Gasteiger partial charge on any atom is -0.463 e. The van der Waals surface area contributed by atoms with Gasteiger partial charge in [-0.05, 0) is 12.8 Å². The van der Waals surface area contributed by atoms with Gasteiger partial charge in [-0.2, -0.15) is 0 Å². The largest absolute Gasteiger partial charge is 0.463 e. The SMILES string of the molecule is O=C1OCCN(CCCl)C12CCCC2. The summed E-state index contributed by atoms with van der Waals surface area (Å²) in [4.78, 5) is 14.0. The van der Waals surface area contributed by atoms with Crippen LogP contribution in [0.2, 0.25) is 0 Å². The fraction of sp³-hybridized carbons (Fsp3) is 0.900. The summed E-state index contributed by atoms with van der Waals surface area (Å²) >= 11 is 5.75. The smallest absolute Gasteiger partial charge is 0.326 e. The van der Waals surface area contributed by atoms with Gasteiger partial charge >= 0.3 is 5.97 Å². The number of hydrogen-bond donors (Lipinski definition) is 0.